The van der Waals surface area contributed by atoms with Crippen LogP contribution in [0.4, 0.5) is 13.2 Å². The minimum atomic E-state index is -4.64. The van der Waals surface area contributed by atoms with Crippen molar-refractivity contribution in [1.82, 2.24) is 0 Å². The van der Waals surface area contributed by atoms with Crippen LogP contribution in [0.5, 0.6) is 11.5 Å². The van der Waals surface area contributed by atoms with Crippen molar-refractivity contribution < 1.29 is 37.3 Å². The Morgan fingerprint density at radius 2 is 1.87 bits per heavy atom. The molecule has 0 spiro atoms. The summed E-state index contributed by atoms with van der Waals surface area (Å²) in [4.78, 5) is 23.5. The first-order valence-corrected chi connectivity index (χ1v) is 9.49. The van der Waals surface area contributed by atoms with Gasteiger partial charge in [-0.1, -0.05) is 11.6 Å². The molecule has 1 saturated carbocycles. The Balaban J connectivity index is 1.81. The molecule has 0 atom stereocenters. The molecule has 2 aromatic carbocycles. The van der Waals surface area contributed by atoms with Crippen molar-refractivity contribution >= 4 is 28.5 Å². The van der Waals surface area contributed by atoms with E-state index in [2.05, 4.69) is 0 Å². The normalized spacial score (nSPS) is 18.6. The van der Waals surface area contributed by atoms with Crippen LogP contribution in [0.3, 0.4) is 0 Å². The molecule has 1 aliphatic rings. The van der Waals surface area contributed by atoms with Crippen LogP contribution in [-0.2, 0) is 11.0 Å². The van der Waals surface area contributed by atoms with Gasteiger partial charge >= 0.3 is 12.1 Å². The second-order valence-electron chi connectivity index (χ2n) is 7.20. The van der Waals surface area contributed by atoms with Crippen LogP contribution >= 0.6 is 11.6 Å². The highest BCUT2D eigenvalue weighted by molar-refractivity contribution is 6.35. The summed E-state index contributed by atoms with van der Waals surface area (Å²) in [5, 5.41) is 18.8. The van der Waals surface area contributed by atoms with Crippen molar-refractivity contribution in [2.24, 2.45) is 5.92 Å². The van der Waals surface area contributed by atoms with E-state index >= 15 is 0 Å². The van der Waals surface area contributed by atoms with Crippen LogP contribution in [-0.4, -0.2) is 22.3 Å². The Hall–Kier alpha value is -3.20. The predicted octanol–water partition coefficient (Wildman–Crippen LogP) is 5.08. The third kappa shape index (κ3) is 3.93. The fourth-order valence-electron chi connectivity index (χ4n) is 3.39. The second-order valence-corrected chi connectivity index (χ2v) is 7.61. The summed E-state index contributed by atoms with van der Waals surface area (Å²) in [5.74, 6) is -2.29. The molecule has 0 amide bonds. The fourth-order valence-corrected chi connectivity index (χ4v) is 3.59. The summed E-state index contributed by atoms with van der Waals surface area (Å²) < 4.78 is 51.0. The van der Waals surface area contributed by atoms with Crippen LogP contribution in [0.25, 0.3) is 22.3 Å². The SMILES string of the molecule is O=c1cc(-c2ccc(C(F)(F)F)cc2O[C@H]2C[C@@H](C(=O)O)C2)oc2c(Cl)ccc(O)c12. The lowest BCUT2D eigenvalue weighted by atomic mass is 9.82. The number of rotatable bonds is 4. The predicted molar refractivity (Wildman–Crippen MR) is 104 cm³/mol. The summed E-state index contributed by atoms with van der Waals surface area (Å²) in [5.41, 5.74) is -1.68. The average Bonchev–Trinajstić information content (AvgIpc) is 2.65. The minimum absolute atomic E-state index is 0.0319. The number of aromatic hydroxyl groups is 1. The number of hydrogen-bond donors (Lipinski definition) is 2. The molecule has 0 unspecified atom stereocenters. The number of hydrogen-bond acceptors (Lipinski definition) is 5. The molecule has 10 heteroatoms. The van der Waals surface area contributed by atoms with E-state index in [-0.39, 0.29) is 51.7 Å². The van der Waals surface area contributed by atoms with Crippen molar-refractivity contribution in [3.63, 3.8) is 0 Å². The highest BCUT2D eigenvalue weighted by Gasteiger charge is 2.37. The Morgan fingerprint density at radius 1 is 1.16 bits per heavy atom. The van der Waals surface area contributed by atoms with E-state index < -0.39 is 35.2 Å². The van der Waals surface area contributed by atoms with Crippen molar-refractivity contribution in [1.29, 1.82) is 0 Å². The zero-order valence-electron chi connectivity index (χ0n) is 15.6. The number of alkyl halides is 3. The van der Waals surface area contributed by atoms with E-state index in [1.54, 1.807) is 0 Å². The molecule has 3 aromatic rings. The van der Waals surface area contributed by atoms with E-state index in [0.717, 1.165) is 24.3 Å². The van der Waals surface area contributed by atoms with Gasteiger partial charge in [0.05, 0.1) is 22.1 Å². The quantitative estimate of drug-likeness (QED) is 0.570. The lowest BCUT2D eigenvalue weighted by molar-refractivity contribution is -0.147. The molecule has 0 radical (unpaired) electrons. The smallest absolute Gasteiger partial charge is 0.416 e. The zero-order chi connectivity index (χ0) is 22.5. The molecule has 2 N–H and O–H groups in total. The van der Waals surface area contributed by atoms with Crippen LogP contribution < -0.4 is 10.2 Å². The molecule has 4 rings (SSSR count). The van der Waals surface area contributed by atoms with Gasteiger partial charge in [0.15, 0.2) is 11.0 Å². The van der Waals surface area contributed by atoms with Gasteiger partial charge in [0, 0.05) is 6.07 Å². The number of halogens is 4. The van der Waals surface area contributed by atoms with Gasteiger partial charge in [0.1, 0.15) is 28.7 Å². The topological polar surface area (TPSA) is 97.0 Å². The van der Waals surface area contributed by atoms with E-state index in [0.29, 0.717) is 0 Å². The van der Waals surface area contributed by atoms with Crippen LogP contribution in [0.2, 0.25) is 5.02 Å². The third-order valence-electron chi connectivity index (χ3n) is 5.12. The van der Waals surface area contributed by atoms with Gasteiger partial charge in [-0.15, -0.1) is 0 Å². The molecular formula is C21H14ClF3O6. The van der Waals surface area contributed by atoms with E-state index in [9.17, 15) is 27.9 Å². The van der Waals surface area contributed by atoms with Gasteiger partial charge in [-0.25, -0.2) is 0 Å². The number of phenolic OH excluding ortho intramolecular Hbond substituents is 1. The molecule has 1 aliphatic carbocycles. The highest BCUT2D eigenvalue weighted by atomic mass is 35.5. The Morgan fingerprint density at radius 3 is 2.52 bits per heavy atom. The monoisotopic (exact) mass is 454 g/mol. The summed E-state index contributed by atoms with van der Waals surface area (Å²) in [6, 6.07) is 6.26. The number of carbonyl (C=O) groups is 1. The maximum absolute atomic E-state index is 13.2. The molecular weight excluding hydrogens is 441 g/mol. The molecule has 0 aliphatic heterocycles. The first kappa shape index (κ1) is 21.0. The molecule has 6 nitrogen and oxygen atoms in total. The van der Waals surface area contributed by atoms with Crippen molar-refractivity contribution in [3.05, 3.63) is 57.2 Å². The second kappa shape index (κ2) is 7.49. The molecule has 0 saturated heterocycles. The number of carboxylic acids is 1. The summed E-state index contributed by atoms with van der Waals surface area (Å²) in [6.07, 6.45) is -4.94. The summed E-state index contributed by atoms with van der Waals surface area (Å²) in [6.45, 7) is 0. The number of benzene rings is 2. The number of ether oxygens (including phenoxy) is 1. The van der Waals surface area contributed by atoms with Crippen molar-refractivity contribution in [2.45, 2.75) is 25.1 Å². The Labute approximate surface area is 177 Å². The number of aliphatic carboxylic acids is 1. The molecule has 31 heavy (non-hydrogen) atoms. The third-order valence-corrected chi connectivity index (χ3v) is 5.42. The standard InChI is InChI=1S/C21H14ClF3O6/c22-13-3-4-14(26)18-15(27)8-17(31-19(13)18)12-2-1-10(21(23,24)25)7-16(12)30-11-5-9(6-11)20(28)29/h1-4,7-9,11,26H,5-6H2,(H,28,29)/t9-,11+. The van der Waals surface area contributed by atoms with Gasteiger partial charge in [0.2, 0.25) is 0 Å². The largest absolute Gasteiger partial charge is 0.507 e. The number of phenols is 1. The van der Waals surface area contributed by atoms with E-state index in [1.807, 2.05) is 0 Å². The molecule has 1 fully saturated rings. The van der Waals surface area contributed by atoms with E-state index in [1.165, 1.54) is 12.1 Å². The van der Waals surface area contributed by atoms with Crippen LogP contribution in [0.15, 0.2) is 45.6 Å². The Kier molecular flexibility index (Phi) is 5.09. The van der Waals surface area contributed by atoms with Crippen molar-refractivity contribution in [2.75, 3.05) is 0 Å². The highest BCUT2D eigenvalue weighted by Crippen LogP contribution is 2.41. The lowest BCUT2D eigenvalue weighted by Gasteiger charge is -2.33. The lowest BCUT2D eigenvalue weighted by Crippen LogP contribution is -2.38. The number of carboxylic acid groups (broad SMARTS) is 1. The van der Waals surface area contributed by atoms with E-state index in [4.69, 9.17) is 25.9 Å². The summed E-state index contributed by atoms with van der Waals surface area (Å²) >= 11 is 6.07. The fraction of sp³-hybridized carbons (Fsp3) is 0.238. The minimum Gasteiger partial charge on any atom is -0.507 e. The van der Waals surface area contributed by atoms with Gasteiger partial charge in [-0.2, -0.15) is 13.2 Å². The first-order chi connectivity index (χ1) is 14.5. The average molecular weight is 455 g/mol. The van der Waals surface area contributed by atoms with Gasteiger partial charge in [0.25, 0.3) is 0 Å². The van der Waals surface area contributed by atoms with Gasteiger partial charge < -0.3 is 19.4 Å². The van der Waals surface area contributed by atoms with Crippen LogP contribution in [0.1, 0.15) is 18.4 Å². The molecule has 1 aromatic heterocycles. The molecule has 0 bridgehead atoms. The summed E-state index contributed by atoms with van der Waals surface area (Å²) in [7, 11) is 0. The maximum Gasteiger partial charge on any atom is 0.416 e. The first-order valence-electron chi connectivity index (χ1n) is 9.11. The molecule has 162 valence electrons. The zero-order valence-corrected chi connectivity index (χ0v) is 16.3. The van der Waals surface area contributed by atoms with Gasteiger partial charge in [-0.05, 0) is 43.2 Å². The van der Waals surface area contributed by atoms with Gasteiger partial charge in [-0.3, -0.25) is 9.59 Å². The Bertz CT molecular complexity index is 1240. The number of fused-ring (bicyclic) bond motifs is 1. The van der Waals surface area contributed by atoms with Crippen LogP contribution in [0, 0.1) is 5.92 Å². The van der Waals surface area contributed by atoms with Crippen molar-refractivity contribution in [3.8, 4) is 22.8 Å². The maximum atomic E-state index is 13.2. The molecule has 1 heterocycles.